The number of ketones is 1. The van der Waals surface area contributed by atoms with Crippen LogP contribution in [0.25, 0.3) is 0 Å². The molecule has 5 rings (SSSR count). The molecule has 5 atom stereocenters. The zero-order valence-corrected chi connectivity index (χ0v) is 20.3. The summed E-state index contributed by atoms with van der Waals surface area (Å²) in [5.41, 5.74) is 7.61. The predicted octanol–water partition coefficient (Wildman–Crippen LogP) is 6.30. The van der Waals surface area contributed by atoms with Gasteiger partial charge in [0.25, 0.3) is 0 Å². The number of benzene rings is 1. The van der Waals surface area contributed by atoms with Crippen molar-refractivity contribution < 1.29 is 9.53 Å². The van der Waals surface area contributed by atoms with Crippen LogP contribution in [0.2, 0.25) is 0 Å². The highest BCUT2D eigenvalue weighted by Gasteiger charge is 2.53. The Bertz CT molecular complexity index is 940. The summed E-state index contributed by atoms with van der Waals surface area (Å²) in [7, 11) is 6.00. The fourth-order valence-corrected chi connectivity index (χ4v) is 7.76. The second-order valence-corrected chi connectivity index (χ2v) is 11.1. The second kappa shape index (κ2) is 8.48. The summed E-state index contributed by atoms with van der Waals surface area (Å²) in [6.45, 7) is 3.48. The van der Waals surface area contributed by atoms with E-state index in [1.807, 2.05) is 13.2 Å². The van der Waals surface area contributed by atoms with Crippen LogP contribution in [0, 0.1) is 23.2 Å². The first-order chi connectivity index (χ1) is 15.4. The van der Waals surface area contributed by atoms with E-state index in [9.17, 15) is 4.79 Å². The van der Waals surface area contributed by atoms with E-state index in [-0.39, 0.29) is 5.92 Å². The van der Waals surface area contributed by atoms with Crippen molar-refractivity contribution in [2.45, 2.75) is 64.2 Å². The maximum atomic E-state index is 12.7. The Hall–Kier alpha value is -1.87. The zero-order chi connectivity index (χ0) is 22.5. The number of rotatable bonds is 5. The fraction of sp³-hybridized carbons (Fsp3) is 0.621. The number of hydrogen-bond donors (Lipinski definition) is 0. The number of anilines is 1. The van der Waals surface area contributed by atoms with Crippen molar-refractivity contribution in [3.63, 3.8) is 0 Å². The number of methoxy groups -OCH3 is 1. The van der Waals surface area contributed by atoms with Crippen LogP contribution in [-0.4, -0.2) is 33.6 Å². The average molecular weight is 434 g/mol. The summed E-state index contributed by atoms with van der Waals surface area (Å²) in [6.07, 6.45) is 11.4. The van der Waals surface area contributed by atoms with E-state index >= 15 is 0 Å². The van der Waals surface area contributed by atoms with Crippen LogP contribution >= 0.6 is 0 Å². The third-order valence-electron chi connectivity index (χ3n) is 9.46. The molecule has 1 aromatic carbocycles. The lowest BCUT2D eigenvalue weighted by atomic mass is 9.55. The van der Waals surface area contributed by atoms with Crippen LogP contribution in [0.5, 0.6) is 0 Å². The minimum atomic E-state index is 0.242. The van der Waals surface area contributed by atoms with E-state index in [2.05, 4.69) is 50.2 Å². The molecule has 2 saturated carbocycles. The van der Waals surface area contributed by atoms with Crippen molar-refractivity contribution in [3.8, 4) is 0 Å². The molecule has 0 aliphatic heterocycles. The van der Waals surface area contributed by atoms with Gasteiger partial charge in [0, 0.05) is 45.8 Å². The summed E-state index contributed by atoms with van der Waals surface area (Å²) >= 11 is 0. The molecule has 2 fully saturated rings. The van der Waals surface area contributed by atoms with Crippen LogP contribution in [0.1, 0.15) is 69.8 Å². The first-order valence-electron chi connectivity index (χ1n) is 12.6. The molecule has 0 saturated heterocycles. The predicted molar refractivity (Wildman–Crippen MR) is 131 cm³/mol. The molecule has 0 radical (unpaired) electrons. The lowest BCUT2D eigenvalue weighted by Gasteiger charge is -2.50. The molecule has 0 heterocycles. The first kappa shape index (κ1) is 21.9. The topological polar surface area (TPSA) is 29.5 Å². The molecule has 0 N–H and O–H groups in total. The van der Waals surface area contributed by atoms with Crippen molar-refractivity contribution in [1.29, 1.82) is 0 Å². The minimum absolute atomic E-state index is 0.242. The summed E-state index contributed by atoms with van der Waals surface area (Å²) in [4.78, 5) is 14.8. The minimum Gasteiger partial charge on any atom is -0.385 e. The van der Waals surface area contributed by atoms with Gasteiger partial charge in [0.2, 0.25) is 0 Å². The molecule has 4 aliphatic rings. The molecule has 4 aliphatic carbocycles. The van der Waals surface area contributed by atoms with Crippen molar-refractivity contribution in [2.24, 2.45) is 23.2 Å². The van der Waals surface area contributed by atoms with Gasteiger partial charge in [-0.15, -0.1) is 0 Å². The van der Waals surface area contributed by atoms with Gasteiger partial charge >= 0.3 is 0 Å². The Morgan fingerprint density at radius 2 is 1.88 bits per heavy atom. The number of ether oxygens (including phenoxy) is 1. The lowest BCUT2D eigenvalue weighted by Crippen LogP contribution is -2.41. The molecular formula is C29H39NO2. The number of hydrogen-bond acceptors (Lipinski definition) is 3. The van der Waals surface area contributed by atoms with Crippen LogP contribution in [0.4, 0.5) is 5.69 Å². The van der Waals surface area contributed by atoms with Gasteiger partial charge in [-0.1, -0.05) is 24.6 Å². The Labute approximate surface area is 193 Å². The first-order valence-corrected chi connectivity index (χ1v) is 12.6. The molecule has 172 valence electrons. The number of carbonyl (C=O) groups is 1. The molecule has 0 unspecified atom stereocenters. The van der Waals surface area contributed by atoms with Gasteiger partial charge in [-0.2, -0.15) is 0 Å². The monoisotopic (exact) mass is 433 g/mol. The van der Waals surface area contributed by atoms with Gasteiger partial charge in [-0.05, 0) is 103 Å². The Balaban J connectivity index is 1.51. The van der Waals surface area contributed by atoms with Gasteiger partial charge in [0.15, 0.2) is 5.78 Å². The summed E-state index contributed by atoms with van der Waals surface area (Å²) in [5, 5.41) is 0. The van der Waals surface area contributed by atoms with E-state index in [1.165, 1.54) is 55.3 Å². The van der Waals surface area contributed by atoms with E-state index in [0.29, 0.717) is 23.5 Å². The van der Waals surface area contributed by atoms with Crippen LogP contribution in [0.3, 0.4) is 0 Å². The normalized spacial score (nSPS) is 34.0. The SMILES string of the molecule is COCC[C@H]1CC[C@H]2[C@@H]3CCC4=CC(=O)C[C@@H](c5ccc(N(C)C)cc5)C4=C3CC[C@]12C. The Morgan fingerprint density at radius 1 is 1.09 bits per heavy atom. The third kappa shape index (κ3) is 3.57. The van der Waals surface area contributed by atoms with E-state index in [4.69, 9.17) is 4.74 Å². The number of nitrogens with zero attached hydrogens (tertiary/aromatic N) is 1. The summed E-state index contributed by atoms with van der Waals surface area (Å²) in [6, 6.07) is 8.94. The molecule has 1 aromatic rings. The van der Waals surface area contributed by atoms with E-state index in [1.54, 1.807) is 11.1 Å². The van der Waals surface area contributed by atoms with Crippen LogP contribution < -0.4 is 4.90 Å². The van der Waals surface area contributed by atoms with Gasteiger partial charge in [0.1, 0.15) is 0 Å². The largest absolute Gasteiger partial charge is 0.385 e. The van der Waals surface area contributed by atoms with Crippen LogP contribution in [0.15, 0.2) is 47.1 Å². The molecule has 3 nitrogen and oxygen atoms in total. The molecule has 0 aromatic heterocycles. The molecule has 3 heteroatoms. The van der Waals surface area contributed by atoms with Crippen molar-refractivity contribution in [2.75, 3.05) is 32.7 Å². The fourth-order valence-electron chi connectivity index (χ4n) is 7.76. The maximum absolute atomic E-state index is 12.7. The van der Waals surface area contributed by atoms with Crippen molar-refractivity contribution >= 4 is 11.5 Å². The van der Waals surface area contributed by atoms with E-state index < -0.39 is 0 Å². The zero-order valence-electron chi connectivity index (χ0n) is 20.3. The highest BCUT2D eigenvalue weighted by atomic mass is 16.5. The number of allylic oxidation sites excluding steroid dienone is 4. The third-order valence-corrected chi connectivity index (χ3v) is 9.46. The quantitative estimate of drug-likeness (QED) is 0.545. The molecule has 0 spiro atoms. The van der Waals surface area contributed by atoms with Crippen LogP contribution in [-0.2, 0) is 9.53 Å². The smallest absolute Gasteiger partial charge is 0.156 e. The van der Waals surface area contributed by atoms with E-state index in [0.717, 1.165) is 24.9 Å². The van der Waals surface area contributed by atoms with Crippen molar-refractivity contribution in [3.05, 3.63) is 52.6 Å². The van der Waals surface area contributed by atoms with Crippen molar-refractivity contribution in [1.82, 2.24) is 0 Å². The van der Waals surface area contributed by atoms with Gasteiger partial charge < -0.3 is 9.64 Å². The van der Waals surface area contributed by atoms with Gasteiger partial charge in [-0.25, -0.2) is 0 Å². The Morgan fingerprint density at radius 3 is 2.59 bits per heavy atom. The maximum Gasteiger partial charge on any atom is 0.156 e. The summed E-state index contributed by atoms with van der Waals surface area (Å²) < 4.78 is 5.45. The molecular weight excluding hydrogens is 394 g/mol. The highest BCUT2D eigenvalue weighted by molar-refractivity contribution is 5.94. The molecule has 0 bridgehead atoms. The highest BCUT2D eigenvalue weighted by Crippen LogP contribution is 2.63. The molecule has 32 heavy (non-hydrogen) atoms. The number of fused-ring (bicyclic) bond motifs is 4. The average Bonchev–Trinajstić information content (AvgIpc) is 3.13. The van der Waals surface area contributed by atoms with Gasteiger partial charge in [-0.3, -0.25) is 4.79 Å². The second-order valence-electron chi connectivity index (χ2n) is 11.1. The molecule has 0 amide bonds. The summed E-state index contributed by atoms with van der Waals surface area (Å²) in [5.74, 6) is 2.87. The standard InChI is InChI=1S/C29H39NO2/c1-29-15-13-25-24(27(29)12-8-21(29)14-16-32-4)11-7-20-17-23(31)18-26(28(20)25)19-5-9-22(10-6-19)30(2)3/h5-6,9-10,17,21,24,26-27H,7-8,11-16,18H2,1-4H3/t21-,24-,26+,27+,29-/m1/s1. The Kier molecular flexibility index (Phi) is 5.82. The lowest BCUT2D eigenvalue weighted by molar-refractivity contribution is -0.115. The number of carbonyl (C=O) groups excluding carboxylic acids is 1. The van der Waals surface area contributed by atoms with Gasteiger partial charge in [0.05, 0.1) is 0 Å².